The van der Waals surface area contributed by atoms with Crippen molar-refractivity contribution < 1.29 is 27.8 Å². The van der Waals surface area contributed by atoms with Crippen LogP contribution in [0.4, 0.5) is 13.2 Å². The number of alkyl halides is 3. The molecule has 8 heteroatoms. The van der Waals surface area contributed by atoms with Gasteiger partial charge in [-0.2, -0.15) is 13.2 Å². The summed E-state index contributed by atoms with van der Waals surface area (Å²) in [5.74, 6) is -1.15. The number of halogens is 4. The summed E-state index contributed by atoms with van der Waals surface area (Å²) in [5.41, 5.74) is 0.371. The third-order valence-electron chi connectivity index (χ3n) is 3.68. The standard InChI is InChI=1S/C18H12ClF3O3S/c19-13-7-11-6-12(17(23)24)16(18(20,21)22)25-14(11)8-15(13)26-9-10-4-2-1-3-5-10/h1-8,16H,9H2,(H,23,24). The normalized spacial score (nSPS) is 16.5. The number of rotatable bonds is 4. The van der Waals surface area contributed by atoms with Gasteiger partial charge in [0.2, 0.25) is 6.10 Å². The topological polar surface area (TPSA) is 46.5 Å². The van der Waals surface area contributed by atoms with Crippen molar-refractivity contribution in [3.63, 3.8) is 0 Å². The van der Waals surface area contributed by atoms with Crippen LogP contribution in [0.15, 0.2) is 52.9 Å². The zero-order valence-corrected chi connectivity index (χ0v) is 14.7. The first-order chi connectivity index (χ1) is 12.3. The number of carbonyl (C=O) groups is 1. The van der Waals surface area contributed by atoms with E-state index in [9.17, 15) is 18.0 Å². The number of aliphatic carboxylic acids is 1. The van der Waals surface area contributed by atoms with Crippen molar-refractivity contribution in [3.8, 4) is 5.75 Å². The Hall–Kier alpha value is -2.12. The van der Waals surface area contributed by atoms with Crippen LogP contribution in [0.2, 0.25) is 5.02 Å². The molecule has 136 valence electrons. The number of ether oxygens (including phenoxy) is 1. The second kappa shape index (κ2) is 7.25. The van der Waals surface area contributed by atoms with Gasteiger partial charge >= 0.3 is 12.1 Å². The highest BCUT2D eigenvalue weighted by molar-refractivity contribution is 7.98. The van der Waals surface area contributed by atoms with E-state index < -0.39 is 23.8 Å². The molecule has 1 heterocycles. The van der Waals surface area contributed by atoms with Crippen LogP contribution in [-0.4, -0.2) is 23.4 Å². The van der Waals surface area contributed by atoms with Gasteiger partial charge in [0.15, 0.2) is 0 Å². The third-order valence-corrected chi connectivity index (χ3v) is 5.24. The van der Waals surface area contributed by atoms with E-state index in [0.29, 0.717) is 15.7 Å². The van der Waals surface area contributed by atoms with Crippen molar-refractivity contribution in [2.45, 2.75) is 22.9 Å². The van der Waals surface area contributed by atoms with Gasteiger partial charge in [-0.3, -0.25) is 0 Å². The first-order valence-electron chi connectivity index (χ1n) is 7.44. The first kappa shape index (κ1) is 18.7. The van der Waals surface area contributed by atoms with Crippen LogP contribution < -0.4 is 4.74 Å². The maximum atomic E-state index is 13.1. The number of hydrogen-bond donors (Lipinski definition) is 1. The summed E-state index contributed by atoms with van der Waals surface area (Å²) in [7, 11) is 0. The fourth-order valence-electron chi connectivity index (χ4n) is 2.46. The van der Waals surface area contributed by atoms with Gasteiger partial charge in [0.25, 0.3) is 0 Å². The van der Waals surface area contributed by atoms with Crippen molar-refractivity contribution in [2.24, 2.45) is 0 Å². The molecule has 0 amide bonds. The van der Waals surface area contributed by atoms with Gasteiger partial charge in [-0.1, -0.05) is 41.9 Å². The van der Waals surface area contributed by atoms with E-state index >= 15 is 0 Å². The van der Waals surface area contributed by atoms with Crippen molar-refractivity contribution in [2.75, 3.05) is 0 Å². The first-order valence-corrected chi connectivity index (χ1v) is 8.80. The molecule has 1 atom stereocenters. The van der Waals surface area contributed by atoms with Crippen LogP contribution in [0.25, 0.3) is 6.08 Å². The Morgan fingerprint density at radius 3 is 2.54 bits per heavy atom. The number of benzene rings is 2. The van der Waals surface area contributed by atoms with Gasteiger partial charge in [0, 0.05) is 16.2 Å². The zero-order chi connectivity index (χ0) is 18.9. The molecule has 3 rings (SSSR count). The Bertz CT molecular complexity index is 866. The largest absolute Gasteiger partial charge is 0.478 e. The molecule has 3 nitrogen and oxygen atoms in total. The predicted molar refractivity (Wildman–Crippen MR) is 93.5 cm³/mol. The van der Waals surface area contributed by atoms with Gasteiger partial charge in [-0.05, 0) is 23.8 Å². The summed E-state index contributed by atoms with van der Waals surface area (Å²) in [6, 6.07) is 12.4. The summed E-state index contributed by atoms with van der Waals surface area (Å²) in [4.78, 5) is 11.7. The fourth-order valence-corrected chi connectivity index (χ4v) is 3.70. The second-order valence-electron chi connectivity index (χ2n) is 5.54. The summed E-state index contributed by atoms with van der Waals surface area (Å²) in [5, 5.41) is 9.37. The molecule has 0 aliphatic carbocycles. The highest BCUT2D eigenvalue weighted by atomic mass is 35.5. The lowest BCUT2D eigenvalue weighted by Gasteiger charge is -2.27. The van der Waals surface area contributed by atoms with E-state index in [1.807, 2.05) is 30.3 Å². The van der Waals surface area contributed by atoms with E-state index in [0.717, 1.165) is 11.6 Å². The number of thioether (sulfide) groups is 1. The minimum absolute atomic E-state index is 0.0442. The quantitative estimate of drug-likeness (QED) is 0.696. The molecule has 0 fully saturated rings. The number of carboxylic acids is 1. The van der Waals surface area contributed by atoms with Crippen LogP contribution in [0, 0.1) is 0 Å². The molecule has 0 spiro atoms. The zero-order valence-electron chi connectivity index (χ0n) is 13.1. The molecule has 0 aromatic heterocycles. The van der Waals surface area contributed by atoms with Gasteiger partial charge in [-0.15, -0.1) is 11.8 Å². The molecule has 1 N–H and O–H groups in total. The average molecular weight is 401 g/mol. The second-order valence-corrected chi connectivity index (χ2v) is 6.96. The molecule has 1 aliphatic rings. The Kier molecular flexibility index (Phi) is 5.20. The van der Waals surface area contributed by atoms with Crippen molar-refractivity contribution in [1.82, 2.24) is 0 Å². The van der Waals surface area contributed by atoms with E-state index in [-0.39, 0.29) is 11.3 Å². The maximum absolute atomic E-state index is 13.1. The van der Waals surface area contributed by atoms with E-state index in [1.54, 1.807) is 0 Å². The summed E-state index contributed by atoms with van der Waals surface area (Å²) in [6.07, 6.45) is -6.39. The number of hydrogen-bond acceptors (Lipinski definition) is 3. The predicted octanol–water partition coefficient (Wildman–Crippen LogP) is 5.42. The average Bonchev–Trinajstić information content (AvgIpc) is 2.59. The molecule has 26 heavy (non-hydrogen) atoms. The molecule has 0 saturated heterocycles. The molecule has 0 bridgehead atoms. The van der Waals surface area contributed by atoms with Gasteiger partial charge < -0.3 is 9.84 Å². The molecule has 0 saturated carbocycles. The lowest BCUT2D eigenvalue weighted by molar-refractivity contribution is -0.187. The van der Waals surface area contributed by atoms with Crippen molar-refractivity contribution >= 4 is 35.4 Å². The molecule has 0 radical (unpaired) electrons. The molecule has 2 aromatic carbocycles. The minimum atomic E-state index is -4.83. The Labute approximate surface area is 156 Å². The highest BCUT2D eigenvalue weighted by Crippen LogP contribution is 2.42. The summed E-state index contributed by atoms with van der Waals surface area (Å²) >= 11 is 7.56. The number of carboxylic acid groups (broad SMARTS) is 1. The lowest BCUT2D eigenvalue weighted by Crippen LogP contribution is -2.40. The van der Waals surface area contributed by atoms with E-state index in [1.165, 1.54) is 23.9 Å². The summed E-state index contributed by atoms with van der Waals surface area (Å²) < 4.78 is 44.4. The van der Waals surface area contributed by atoms with Gasteiger partial charge in [0.05, 0.1) is 10.6 Å². The van der Waals surface area contributed by atoms with E-state index in [4.69, 9.17) is 21.4 Å². The molecule has 1 aliphatic heterocycles. The molecule has 1 unspecified atom stereocenters. The summed E-state index contributed by atoms with van der Waals surface area (Å²) in [6.45, 7) is 0. The molecular weight excluding hydrogens is 389 g/mol. The SMILES string of the molecule is O=C(O)C1=Cc2cc(Cl)c(SCc3ccccc3)cc2OC1C(F)(F)F. The monoisotopic (exact) mass is 400 g/mol. The highest BCUT2D eigenvalue weighted by Gasteiger charge is 2.48. The van der Waals surface area contributed by atoms with Crippen LogP contribution in [-0.2, 0) is 10.5 Å². The van der Waals surface area contributed by atoms with Gasteiger partial charge in [0.1, 0.15) is 5.75 Å². The number of fused-ring (bicyclic) bond motifs is 1. The van der Waals surface area contributed by atoms with Crippen LogP contribution in [0.5, 0.6) is 5.75 Å². The molecule has 2 aromatic rings. The van der Waals surface area contributed by atoms with Crippen molar-refractivity contribution in [1.29, 1.82) is 0 Å². The van der Waals surface area contributed by atoms with Crippen LogP contribution in [0.1, 0.15) is 11.1 Å². The Morgan fingerprint density at radius 2 is 1.92 bits per heavy atom. The van der Waals surface area contributed by atoms with Crippen LogP contribution in [0.3, 0.4) is 0 Å². The fraction of sp³-hybridized carbons (Fsp3) is 0.167. The lowest BCUT2D eigenvalue weighted by atomic mass is 10.0. The Balaban J connectivity index is 1.91. The maximum Gasteiger partial charge on any atom is 0.430 e. The van der Waals surface area contributed by atoms with Gasteiger partial charge in [-0.25, -0.2) is 4.79 Å². The van der Waals surface area contributed by atoms with Crippen LogP contribution >= 0.6 is 23.4 Å². The molecular formula is C18H12ClF3O3S. The van der Waals surface area contributed by atoms with E-state index in [2.05, 4.69) is 0 Å². The Morgan fingerprint density at radius 1 is 1.23 bits per heavy atom. The smallest absolute Gasteiger partial charge is 0.430 e. The van der Waals surface area contributed by atoms with Crippen molar-refractivity contribution in [3.05, 3.63) is 64.2 Å². The third kappa shape index (κ3) is 3.99. The minimum Gasteiger partial charge on any atom is -0.478 e.